The van der Waals surface area contributed by atoms with Crippen molar-refractivity contribution in [1.29, 1.82) is 0 Å². The first-order chi connectivity index (χ1) is 11.0. The van der Waals surface area contributed by atoms with Gasteiger partial charge in [0.15, 0.2) is 0 Å². The first-order valence-electron chi connectivity index (χ1n) is 8.16. The molecular formula is C18H24N2O3. The number of rotatable bonds is 7. The van der Waals surface area contributed by atoms with Crippen LogP contribution >= 0.6 is 0 Å². The van der Waals surface area contributed by atoms with E-state index in [1.54, 1.807) is 0 Å². The zero-order chi connectivity index (χ0) is 16.7. The molecule has 23 heavy (non-hydrogen) atoms. The van der Waals surface area contributed by atoms with Gasteiger partial charge in [0.1, 0.15) is 5.78 Å². The maximum Gasteiger partial charge on any atom is 0.239 e. The van der Waals surface area contributed by atoms with Gasteiger partial charge in [-0.2, -0.15) is 0 Å². The Kier molecular flexibility index (Phi) is 6.32. The molecule has 0 spiro atoms. The monoisotopic (exact) mass is 316 g/mol. The van der Waals surface area contributed by atoms with Crippen molar-refractivity contribution < 1.29 is 14.4 Å². The second-order valence-electron chi connectivity index (χ2n) is 6.12. The Hall–Kier alpha value is -2.17. The van der Waals surface area contributed by atoms with Gasteiger partial charge in [-0.3, -0.25) is 14.4 Å². The standard InChI is InChI=1S/C18H24N2O3/c1-13-5-7-14(8-6-13)9-10-17(22)20-12-18(23)19-11-15-3-2-4-16(15)21/h5-8,15H,2-4,9-12H2,1H3,(H,19,23)(H,20,22)/t15-/m1/s1. The molecule has 1 aliphatic carbocycles. The lowest BCUT2D eigenvalue weighted by Gasteiger charge is -2.10. The molecule has 2 N–H and O–H groups in total. The van der Waals surface area contributed by atoms with Crippen LogP contribution in [0.3, 0.4) is 0 Å². The third kappa shape index (κ3) is 5.85. The average Bonchev–Trinajstić information content (AvgIpc) is 2.95. The van der Waals surface area contributed by atoms with Crippen LogP contribution in [0.4, 0.5) is 0 Å². The summed E-state index contributed by atoms with van der Waals surface area (Å²) >= 11 is 0. The number of nitrogens with one attached hydrogen (secondary N) is 2. The zero-order valence-corrected chi connectivity index (χ0v) is 13.6. The summed E-state index contributed by atoms with van der Waals surface area (Å²) in [5.74, 6) is -0.199. The second-order valence-corrected chi connectivity index (χ2v) is 6.12. The SMILES string of the molecule is Cc1ccc(CCC(=O)NCC(=O)NC[C@H]2CCCC2=O)cc1. The van der Waals surface area contributed by atoms with Gasteiger partial charge in [0.05, 0.1) is 6.54 Å². The van der Waals surface area contributed by atoms with Gasteiger partial charge < -0.3 is 10.6 Å². The number of carbonyl (C=O) groups is 3. The maximum absolute atomic E-state index is 11.8. The van der Waals surface area contributed by atoms with Crippen molar-refractivity contribution in [2.24, 2.45) is 5.92 Å². The molecule has 2 amide bonds. The number of amides is 2. The number of ketones is 1. The van der Waals surface area contributed by atoms with Crippen molar-refractivity contribution in [2.75, 3.05) is 13.1 Å². The molecule has 0 heterocycles. The molecule has 1 aliphatic rings. The molecule has 1 atom stereocenters. The topological polar surface area (TPSA) is 75.3 Å². The van der Waals surface area contributed by atoms with Gasteiger partial charge in [-0.15, -0.1) is 0 Å². The quantitative estimate of drug-likeness (QED) is 0.801. The van der Waals surface area contributed by atoms with E-state index < -0.39 is 0 Å². The lowest BCUT2D eigenvalue weighted by Crippen LogP contribution is -2.39. The van der Waals surface area contributed by atoms with Crippen molar-refractivity contribution >= 4 is 17.6 Å². The summed E-state index contributed by atoms with van der Waals surface area (Å²) in [6, 6.07) is 8.05. The van der Waals surface area contributed by atoms with E-state index in [9.17, 15) is 14.4 Å². The van der Waals surface area contributed by atoms with Crippen molar-refractivity contribution in [3.8, 4) is 0 Å². The van der Waals surface area contributed by atoms with E-state index >= 15 is 0 Å². The maximum atomic E-state index is 11.8. The minimum atomic E-state index is -0.242. The van der Waals surface area contributed by atoms with Gasteiger partial charge in [0, 0.05) is 25.3 Å². The van der Waals surface area contributed by atoms with Crippen LogP contribution in [0.15, 0.2) is 24.3 Å². The minimum Gasteiger partial charge on any atom is -0.354 e. The Morgan fingerprint density at radius 2 is 1.87 bits per heavy atom. The molecule has 5 nitrogen and oxygen atoms in total. The molecule has 1 saturated carbocycles. The van der Waals surface area contributed by atoms with Gasteiger partial charge in [0.2, 0.25) is 11.8 Å². The number of Topliss-reactive ketones (excluding diaryl/α,β-unsaturated/α-hetero) is 1. The molecule has 0 aromatic heterocycles. The normalized spacial score (nSPS) is 17.1. The predicted octanol–water partition coefficient (Wildman–Crippen LogP) is 1.53. The first kappa shape index (κ1) is 17.2. The fraction of sp³-hybridized carbons (Fsp3) is 0.500. The molecule has 1 fully saturated rings. The Labute approximate surface area is 136 Å². The molecule has 0 unspecified atom stereocenters. The van der Waals surface area contributed by atoms with Crippen molar-refractivity contribution in [1.82, 2.24) is 10.6 Å². The summed E-state index contributed by atoms with van der Waals surface area (Å²) in [7, 11) is 0. The Morgan fingerprint density at radius 3 is 2.52 bits per heavy atom. The highest BCUT2D eigenvalue weighted by molar-refractivity contribution is 5.86. The summed E-state index contributed by atoms with van der Waals surface area (Å²) in [6.07, 6.45) is 3.40. The highest BCUT2D eigenvalue weighted by atomic mass is 16.2. The smallest absolute Gasteiger partial charge is 0.239 e. The molecule has 0 radical (unpaired) electrons. The second kappa shape index (κ2) is 8.46. The van der Waals surface area contributed by atoms with E-state index in [0.29, 0.717) is 25.8 Å². The first-order valence-corrected chi connectivity index (χ1v) is 8.16. The van der Waals surface area contributed by atoms with Crippen LogP contribution in [0.25, 0.3) is 0 Å². The number of carbonyl (C=O) groups excluding carboxylic acids is 3. The number of benzene rings is 1. The molecule has 1 aromatic carbocycles. The van der Waals surface area contributed by atoms with Gasteiger partial charge in [-0.05, 0) is 31.7 Å². The lowest BCUT2D eigenvalue weighted by molar-refractivity contribution is -0.126. The van der Waals surface area contributed by atoms with E-state index in [2.05, 4.69) is 10.6 Å². The summed E-state index contributed by atoms with van der Waals surface area (Å²) < 4.78 is 0. The van der Waals surface area contributed by atoms with Crippen LogP contribution in [-0.4, -0.2) is 30.7 Å². The molecule has 2 rings (SSSR count). The van der Waals surface area contributed by atoms with Crippen LogP contribution in [0.2, 0.25) is 0 Å². The van der Waals surface area contributed by atoms with Crippen molar-refractivity contribution in [2.45, 2.75) is 39.0 Å². The number of hydrogen-bond acceptors (Lipinski definition) is 3. The van der Waals surface area contributed by atoms with E-state index in [1.165, 1.54) is 5.56 Å². The molecule has 1 aromatic rings. The van der Waals surface area contributed by atoms with Crippen LogP contribution in [0, 0.1) is 12.8 Å². The number of aryl methyl sites for hydroxylation is 2. The van der Waals surface area contributed by atoms with Crippen molar-refractivity contribution in [3.05, 3.63) is 35.4 Å². The van der Waals surface area contributed by atoms with Gasteiger partial charge in [-0.1, -0.05) is 29.8 Å². The fourth-order valence-electron chi connectivity index (χ4n) is 2.68. The Morgan fingerprint density at radius 1 is 1.13 bits per heavy atom. The van der Waals surface area contributed by atoms with Gasteiger partial charge >= 0.3 is 0 Å². The van der Waals surface area contributed by atoms with E-state index in [0.717, 1.165) is 18.4 Å². The van der Waals surface area contributed by atoms with Crippen LogP contribution in [0.1, 0.15) is 36.8 Å². The van der Waals surface area contributed by atoms with Gasteiger partial charge in [-0.25, -0.2) is 0 Å². The molecular weight excluding hydrogens is 292 g/mol. The molecule has 0 bridgehead atoms. The Bertz CT molecular complexity index is 566. The largest absolute Gasteiger partial charge is 0.354 e. The predicted molar refractivity (Wildman–Crippen MR) is 87.9 cm³/mol. The fourth-order valence-corrected chi connectivity index (χ4v) is 2.68. The summed E-state index contributed by atoms with van der Waals surface area (Å²) in [5, 5.41) is 5.33. The third-order valence-electron chi connectivity index (χ3n) is 4.18. The molecule has 0 aliphatic heterocycles. The van der Waals surface area contributed by atoms with Crippen molar-refractivity contribution in [3.63, 3.8) is 0 Å². The lowest BCUT2D eigenvalue weighted by atomic mass is 10.1. The summed E-state index contributed by atoms with van der Waals surface area (Å²) in [6.45, 7) is 2.37. The van der Waals surface area contributed by atoms with Crippen LogP contribution in [0.5, 0.6) is 0 Å². The summed E-state index contributed by atoms with van der Waals surface area (Å²) in [5.41, 5.74) is 2.30. The van der Waals surface area contributed by atoms with E-state index in [-0.39, 0.29) is 30.1 Å². The van der Waals surface area contributed by atoms with E-state index in [4.69, 9.17) is 0 Å². The van der Waals surface area contributed by atoms with E-state index in [1.807, 2.05) is 31.2 Å². The third-order valence-corrected chi connectivity index (χ3v) is 4.18. The minimum absolute atomic E-state index is 0.0341. The molecule has 124 valence electrons. The summed E-state index contributed by atoms with van der Waals surface area (Å²) in [4.78, 5) is 34.9. The Balaban J connectivity index is 1.60. The van der Waals surface area contributed by atoms with Crippen LogP contribution in [-0.2, 0) is 20.8 Å². The zero-order valence-electron chi connectivity index (χ0n) is 13.6. The van der Waals surface area contributed by atoms with Gasteiger partial charge in [0.25, 0.3) is 0 Å². The highest BCUT2D eigenvalue weighted by Crippen LogP contribution is 2.20. The average molecular weight is 316 g/mol. The van der Waals surface area contributed by atoms with Crippen LogP contribution < -0.4 is 10.6 Å². The number of hydrogen-bond donors (Lipinski definition) is 2. The molecule has 5 heteroatoms. The molecule has 0 saturated heterocycles. The highest BCUT2D eigenvalue weighted by Gasteiger charge is 2.24.